The average Bonchev–Trinajstić information content (AvgIpc) is 3.34. The Labute approximate surface area is 201 Å². The molecule has 0 aliphatic carbocycles. The molecule has 0 saturated carbocycles. The average molecular weight is 467 g/mol. The lowest BCUT2D eigenvalue weighted by Gasteiger charge is -2.31. The second kappa shape index (κ2) is 9.46. The van der Waals surface area contributed by atoms with Crippen LogP contribution >= 0.6 is 7.37 Å². The quantitative estimate of drug-likeness (QED) is 0.267. The zero-order valence-electron chi connectivity index (χ0n) is 19.1. The lowest BCUT2D eigenvalue weighted by Crippen LogP contribution is -2.27. The van der Waals surface area contributed by atoms with Crippen molar-refractivity contribution in [3.63, 3.8) is 0 Å². The molecule has 1 unspecified atom stereocenters. The summed E-state index contributed by atoms with van der Waals surface area (Å²) < 4.78 is 27.9. The van der Waals surface area contributed by atoms with Crippen LogP contribution in [0.2, 0.25) is 0 Å². The van der Waals surface area contributed by atoms with Crippen molar-refractivity contribution in [1.29, 1.82) is 0 Å². The second-order valence-electron chi connectivity index (χ2n) is 8.28. The Morgan fingerprint density at radius 1 is 0.735 bits per heavy atom. The van der Waals surface area contributed by atoms with Crippen LogP contribution in [-0.2, 0) is 19.4 Å². The van der Waals surface area contributed by atoms with Crippen molar-refractivity contribution >= 4 is 18.4 Å². The van der Waals surface area contributed by atoms with E-state index in [1.54, 1.807) is 0 Å². The maximum atomic E-state index is 14.8. The van der Waals surface area contributed by atoms with Gasteiger partial charge in [0.15, 0.2) is 5.60 Å². The smallest absolute Gasteiger partial charge is 0.261 e. The fourth-order valence-corrected chi connectivity index (χ4v) is 7.07. The maximum absolute atomic E-state index is 14.8. The van der Waals surface area contributed by atoms with E-state index in [4.69, 9.17) is 9.26 Å². The van der Waals surface area contributed by atoms with Crippen LogP contribution in [0.5, 0.6) is 0 Å². The predicted molar refractivity (Wildman–Crippen MR) is 138 cm³/mol. The fraction of sp³-hybridized carbons (Fsp3) is 0.133. The first kappa shape index (κ1) is 22.4. The molecule has 1 heterocycles. The van der Waals surface area contributed by atoms with Gasteiger partial charge < -0.3 is 9.26 Å². The minimum Gasteiger partial charge on any atom is -0.476 e. The van der Waals surface area contributed by atoms with E-state index in [1.807, 2.05) is 104 Å². The van der Waals surface area contributed by atoms with Crippen LogP contribution in [0.3, 0.4) is 0 Å². The van der Waals surface area contributed by atoms with Gasteiger partial charge in [-0.2, -0.15) is 0 Å². The van der Waals surface area contributed by atoms with Crippen LogP contribution in [0.15, 0.2) is 127 Å². The van der Waals surface area contributed by atoms with E-state index >= 15 is 0 Å². The highest BCUT2D eigenvalue weighted by Gasteiger charge is 2.50. The zero-order valence-corrected chi connectivity index (χ0v) is 20.0. The summed E-state index contributed by atoms with van der Waals surface area (Å²) >= 11 is 0. The second-order valence-corrected chi connectivity index (χ2v) is 10.7. The molecular weight excluding hydrogens is 439 g/mol. The number of rotatable bonds is 7. The lowest BCUT2D eigenvalue weighted by atomic mass is 9.84. The van der Waals surface area contributed by atoms with Crippen molar-refractivity contribution in [2.24, 2.45) is 0 Å². The molecule has 0 amide bonds. The topological polar surface area (TPSA) is 35.5 Å². The van der Waals surface area contributed by atoms with Gasteiger partial charge in [-0.3, -0.25) is 4.57 Å². The summed E-state index contributed by atoms with van der Waals surface area (Å²) in [6.45, 7) is 2.22. The molecular formula is C30H27O3P. The molecule has 3 nitrogen and oxygen atoms in total. The van der Waals surface area contributed by atoms with E-state index in [2.05, 4.69) is 24.3 Å². The molecule has 5 rings (SSSR count). The summed E-state index contributed by atoms with van der Waals surface area (Å²) in [7, 11) is -3.41. The standard InChI is InChI=1S/C30H27O3P/c1-2-32-34(31,27-21-13-6-14-22-27)28-23-30(25-17-9-4-10-18-25,26-19-11-5-12-20-26)33-29(28)24-15-7-3-8-16-24/h3-22H,2,23H2,1H3. The number of benzene rings is 4. The van der Waals surface area contributed by atoms with Gasteiger partial charge in [0.1, 0.15) is 5.76 Å². The summed E-state index contributed by atoms with van der Waals surface area (Å²) in [6, 6.07) is 39.8. The minimum absolute atomic E-state index is 0.335. The highest BCUT2D eigenvalue weighted by atomic mass is 31.2. The summed E-state index contributed by atoms with van der Waals surface area (Å²) in [5.41, 5.74) is 2.11. The molecule has 0 aromatic heterocycles. The first-order chi connectivity index (χ1) is 16.7. The number of ether oxygens (including phenoxy) is 1. The van der Waals surface area contributed by atoms with Crippen molar-refractivity contribution in [2.45, 2.75) is 18.9 Å². The Balaban J connectivity index is 1.76. The SMILES string of the molecule is CCOP(=O)(C1=C(c2ccccc2)OC(c2ccccc2)(c2ccccc2)C1)c1ccccc1. The molecule has 1 aliphatic heterocycles. The molecule has 0 spiro atoms. The molecule has 0 saturated heterocycles. The monoisotopic (exact) mass is 466 g/mol. The van der Waals surface area contributed by atoms with Gasteiger partial charge in [-0.15, -0.1) is 0 Å². The van der Waals surface area contributed by atoms with E-state index < -0.39 is 13.0 Å². The van der Waals surface area contributed by atoms with Gasteiger partial charge in [0, 0.05) is 28.4 Å². The summed E-state index contributed by atoms with van der Waals surface area (Å²) in [4.78, 5) is 0. The molecule has 4 heteroatoms. The molecule has 0 bridgehead atoms. The molecule has 34 heavy (non-hydrogen) atoms. The van der Waals surface area contributed by atoms with E-state index in [9.17, 15) is 4.57 Å². The molecule has 1 aliphatic rings. The maximum Gasteiger partial charge on any atom is 0.261 e. The minimum atomic E-state index is -3.41. The number of hydrogen-bond donors (Lipinski definition) is 0. The predicted octanol–water partition coefficient (Wildman–Crippen LogP) is 7.36. The molecule has 1 atom stereocenters. The van der Waals surface area contributed by atoms with E-state index in [0.29, 0.717) is 29.4 Å². The number of hydrogen-bond acceptors (Lipinski definition) is 3. The van der Waals surface area contributed by atoms with Gasteiger partial charge in [0.05, 0.1) is 11.9 Å². The molecule has 4 aromatic carbocycles. The normalized spacial score (nSPS) is 16.6. The van der Waals surface area contributed by atoms with Crippen LogP contribution in [-0.4, -0.2) is 6.61 Å². The molecule has 0 radical (unpaired) electrons. The zero-order chi connectivity index (χ0) is 23.4. The molecule has 170 valence electrons. The van der Waals surface area contributed by atoms with Crippen LogP contribution in [0.1, 0.15) is 30.0 Å². The van der Waals surface area contributed by atoms with Gasteiger partial charge in [0.25, 0.3) is 7.37 Å². The Kier molecular flexibility index (Phi) is 6.24. The van der Waals surface area contributed by atoms with Crippen molar-refractivity contribution in [1.82, 2.24) is 0 Å². The first-order valence-corrected chi connectivity index (χ1v) is 13.2. The van der Waals surface area contributed by atoms with Crippen LogP contribution in [0.25, 0.3) is 5.76 Å². The van der Waals surface area contributed by atoms with Crippen molar-refractivity contribution in [3.8, 4) is 0 Å². The third-order valence-electron chi connectivity index (χ3n) is 6.23. The van der Waals surface area contributed by atoms with Gasteiger partial charge in [-0.25, -0.2) is 0 Å². The molecule has 4 aromatic rings. The van der Waals surface area contributed by atoms with Gasteiger partial charge in [-0.1, -0.05) is 109 Å². The highest BCUT2D eigenvalue weighted by Crippen LogP contribution is 2.65. The van der Waals surface area contributed by atoms with Crippen molar-refractivity contribution < 1.29 is 13.8 Å². The van der Waals surface area contributed by atoms with E-state index in [-0.39, 0.29) is 0 Å². The first-order valence-electron chi connectivity index (χ1n) is 11.6. The van der Waals surface area contributed by atoms with Gasteiger partial charge in [0.2, 0.25) is 0 Å². The van der Waals surface area contributed by atoms with E-state index in [1.165, 1.54) is 0 Å². The largest absolute Gasteiger partial charge is 0.476 e. The van der Waals surface area contributed by atoms with Crippen molar-refractivity contribution in [2.75, 3.05) is 6.61 Å². The van der Waals surface area contributed by atoms with Crippen LogP contribution in [0.4, 0.5) is 0 Å². The molecule has 0 fully saturated rings. The fourth-order valence-electron chi connectivity index (χ4n) is 4.66. The summed E-state index contributed by atoms with van der Waals surface area (Å²) in [6.07, 6.45) is 0.428. The Morgan fingerprint density at radius 3 is 1.71 bits per heavy atom. The third-order valence-corrected chi connectivity index (χ3v) is 8.91. The third kappa shape index (κ3) is 3.92. The van der Waals surface area contributed by atoms with Crippen LogP contribution < -0.4 is 5.30 Å². The molecule has 0 N–H and O–H groups in total. The lowest BCUT2D eigenvalue weighted by molar-refractivity contribution is 0.101. The summed E-state index contributed by atoms with van der Waals surface area (Å²) in [5.74, 6) is 0.633. The Bertz CT molecular complexity index is 1280. The highest BCUT2D eigenvalue weighted by molar-refractivity contribution is 7.71. The summed E-state index contributed by atoms with van der Waals surface area (Å²) in [5, 5.41) is 1.39. The van der Waals surface area contributed by atoms with E-state index in [0.717, 1.165) is 16.7 Å². The Morgan fingerprint density at radius 2 is 1.21 bits per heavy atom. The van der Waals surface area contributed by atoms with Crippen molar-refractivity contribution in [3.05, 3.63) is 143 Å². The van der Waals surface area contributed by atoms with Crippen LogP contribution in [0, 0.1) is 0 Å². The Hall–Kier alpha value is -3.39. The van der Waals surface area contributed by atoms with Gasteiger partial charge >= 0.3 is 0 Å². The van der Waals surface area contributed by atoms with Gasteiger partial charge in [-0.05, 0) is 19.1 Å².